The topological polar surface area (TPSA) is 53.5 Å². The number of benzene rings is 10. The number of nitrogens with zero attached hydrogens (tertiary/aromatic N) is 2. The molecule has 10 aromatic carbocycles. The number of methoxy groups -OCH3 is 1. The van der Waals surface area contributed by atoms with Crippen LogP contribution in [0.4, 0.5) is 0 Å². The number of para-hydroxylation sites is 2. The molecule has 0 fully saturated rings. The number of ether oxygens (including phenoxy) is 3. The maximum Gasteiger partial charge on any atom is 0.122 e. The van der Waals surface area contributed by atoms with E-state index in [1.54, 1.807) is 7.11 Å². The van der Waals surface area contributed by atoms with Crippen molar-refractivity contribution in [2.75, 3.05) is 7.11 Å². The summed E-state index contributed by atoms with van der Waals surface area (Å²) in [6, 6.07) is 89.8. The molecule has 0 spiro atoms. The number of aryl methyl sites for hydroxylation is 7. The van der Waals surface area contributed by atoms with Crippen LogP contribution in [0, 0.1) is 48.5 Å². The molecule has 0 unspecified atom stereocenters. The number of aromatic nitrogens is 2. The minimum absolute atomic E-state index is 0.629. The van der Waals surface area contributed by atoms with Gasteiger partial charge in [-0.25, -0.2) is 0 Å². The Balaban J connectivity index is 0.000000172. The number of halogens is 1. The summed E-state index contributed by atoms with van der Waals surface area (Å²) >= 11 is 7.09. The summed E-state index contributed by atoms with van der Waals surface area (Å²) in [6.45, 7) is 15.7. The molecular weight excluding hydrogens is 1010 g/mol. The van der Waals surface area contributed by atoms with Crippen LogP contribution >= 0.6 is 23.1 Å². The molecule has 0 atom stereocenters. The van der Waals surface area contributed by atoms with Crippen LogP contribution in [-0.2, 0) is 13.2 Å². The van der Waals surface area contributed by atoms with Crippen molar-refractivity contribution in [3.8, 4) is 39.6 Å². The number of hydrogen-bond acceptors (Lipinski definition) is 6. The van der Waals surface area contributed by atoms with Gasteiger partial charge in [0.05, 0.1) is 7.11 Å². The number of hydrogen-bond donors (Lipinski definition) is 0. The largest absolute Gasteiger partial charge is 0.496 e. The number of rotatable bonds is 9. The van der Waals surface area contributed by atoms with Gasteiger partial charge in [0.2, 0.25) is 0 Å². The van der Waals surface area contributed by atoms with Crippen molar-refractivity contribution in [2.24, 2.45) is 0 Å². The Morgan fingerprint density at radius 3 is 1.22 bits per heavy atom. The minimum Gasteiger partial charge on any atom is -0.496 e. The first-order valence-electron chi connectivity index (χ1n) is 26.2. The Kier molecular flexibility index (Phi) is 27.7. The monoisotopic (exact) mass is 1080 g/mol. The van der Waals surface area contributed by atoms with Crippen molar-refractivity contribution in [2.45, 2.75) is 61.7 Å². The first-order chi connectivity index (χ1) is 38.5. The molecule has 0 saturated carbocycles. The third kappa shape index (κ3) is 24.5. The normalized spacial score (nSPS) is 9.68. The van der Waals surface area contributed by atoms with Crippen LogP contribution < -0.4 is 14.2 Å². The molecule has 0 amide bonds. The molecule has 5 nitrogen and oxygen atoms in total. The first kappa shape index (κ1) is 61.3. The fraction of sp³-hybridized carbons (Fsp3) is 0.139. The van der Waals surface area contributed by atoms with Gasteiger partial charge in [-0.1, -0.05) is 269 Å². The van der Waals surface area contributed by atoms with Gasteiger partial charge >= 0.3 is 0 Å². The Morgan fingerprint density at radius 2 is 0.785 bits per heavy atom. The van der Waals surface area contributed by atoms with Crippen molar-refractivity contribution in [1.29, 1.82) is 0 Å². The summed E-state index contributed by atoms with van der Waals surface area (Å²) in [7, 11) is 1.68. The molecule has 0 aliphatic rings. The van der Waals surface area contributed by atoms with Gasteiger partial charge in [0.15, 0.2) is 0 Å². The molecular formula is C72H73ClN2O3S. The lowest BCUT2D eigenvalue weighted by molar-refractivity contribution is 0.304. The van der Waals surface area contributed by atoms with Gasteiger partial charge in [0.1, 0.15) is 36.2 Å². The van der Waals surface area contributed by atoms with Gasteiger partial charge in [-0.3, -0.25) is 0 Å². The molecule has 0 radical (unpaired) electrons. The molecule has 0 aliphatic heterocycles. The second kappa shape index (κ2) is 35.7. The van der Waals surface area contributed by atoms with Crippen LogP contribution in [0.1, 0.15) is 50.1 Å². The van der Waals surface area contributed by atoms with Crippen LogP contribution in [0.15, 0.2) is 272 Å². The fourth-order valence-electron chi connectivity index (χ4n) is 7.16. The second-order valence-corrected chi connectivity index (χ2v) is 19.4. The third-order valence-electron chi connectivity index (χ3n) is 11.8. The highest BCUT2D eigenvalue weighted by Gasteiger charge is 2.00. The van der Waals surface area contributed by atoms with E-state index in [9.17, 15) is 0 Å². The molecule has 1 heterocycles. The zero-order chi connectivity index (χ0) is 56.3. The second-order valence-electron chi connectivity index (χ2n) is 18.4. The average molecular weight is 1080 g/mol. The fourth-order valence-corrected chi connectivity index (χ4v) is 7.76. The molecule has 0 N–H and O–H groups in total. The average Bonchev–Trinajstić information content (AvgIpc) is 4.04. The smallest absolute Gasteiger partial charge is 0.122 e. The quantitative estimate of drug-likeness (QED) is 0.144. The standard InChI is InChI=1S/2C14H14O.C13H12.C9H8N2S.C8H10O.C7H7Cl.C7H8/c1-12-7-5-6-10-14(12)15-11-13-8-3-2-4-9-13;1-12-6-5-9-14(10-12)15-11-13-7-3-2-4-8-13;1-11-7-9-13(10-8-11)12-5-3-2-4-6-12;1-7-2-4-8(5-3-7)9-6-12-11-10-9;1-7-5-3-4-6-8(7)9-2;1-6-4-2-3-5-7(6)8;1-7-5-3-2-4-6-7/h2*2-10H,11H2,1H3;2-10H,1H3;2-6H,1H3;3-6H,1-2H3;2-5H,1H3;2-6H,1H3. The zero-order valence-corrected chi connectivity index (χ0v) is 48.4. The van der Waals surface area contributed by atoms with E-state index in [2.05, 4.69) is 166 Å². The van der Waals surface area contributed by atoms with E-state index >= 15 is 0 Å². The summed E-state index contributed by atoms with van der Waals surface area (Å²) in [4.78, 5) is 0. The predicted octanol–water partition coefficient (Wildman–Crippen LogP) is 20.0. The SMILES string of the molecule is COc1ccccc1C.Cc1ccc(-c2ccccc2)cc1.Cc1ccc(-c2csnn2)cc1.Cc1cccc(OCc2ccccc2)c1.Cc1ccccc1.Cc1ccccc1Cl.Cc1ccccc1OCc1ccccc1. The third-order valence-corrected chi connectivity index (χ3v) is 12.7. The summed E-state index contributed by atoms with van der Waals surface area (Å²) in [6.07, 6.45) is 0. The van der Waals surface area contributed by atoms with Gasteiger partial charge in [0, 0.05) is 16.0 Å². The first-order valence-corrected chi connectivity index (χ1v) is 27.4. The van der Waals surface area contributed by atoms with Crippen LogP contribution in [-0.4, -0.2) is 16.7 Å². The van der Waals surface area contributed by atoms with E-state index in [1.807, 2.05) is 165 Å². The van der Waals surface area contributed by atoms with E-state index in [0.717, 1.165) is 39.1 Å². The van der Waals surface area contributed by atoms with Gasteiger partial charge in [-0.15, -0.1) is 5.10 Å². The van der Waals surface area contributed by atoms with E-state index < -0.39 is 0 Å². The summed E-state index contributed by atoms with van der Waals surface area (Å²) < 4.78 is 20.3. The lowest BCUT2D eigenvalue weighted by Gasteiger charge is -2.08. The van der Waals surface area contributed by atoms with Crippen molar-refractivity contribution in [3.63, 3.8) is 0 Å². The van der Waals surface area contributed by atoms with Crippen molar-refractivity contribution < 1.29 is 14.2 Å². The maximum atomic E-state index is 5.72. The lowest BCUT2D eigenvalue weighted by atomic mass is 10.0. The molecule has 402 valence electrons. The highest BCUT2D eigenvalue weighted by atomic mass is 35.5. The Bertz CT molecular complexity index is 3300. The highest BCUT2D eigenvalue weighted by molar-refractivity contribution is 7.03. The van der Waals surface area contributed by atoms with Gasteiger partial charge < -0.3 is 14.2 Å². The van der Waals surface area contributed by atoms with Crippen molar-refractivity contribution in [1.82, 2.24) is 9.59 Å². The Morgan fingerprint density at radius 1 is 0.367 bits per heavy atom. The van der Waals surface area contributed by atoms with Gasteiger partial charge in [0.25, 0.3) is 0 Å². The van der Waals surface area contributed by atoms with Crippen LogP contribution in [0.3, 0.4) is 0 Å². The van der Waals surface area contributed by atoms with Crippen molar-refractivity contribution in [3.05, 3.63) is 327 Å². The summed E-state index contributed by atoms with van der Waals surface area (Å²) in [5.41, 5.74) is 15.6. The zero-order valence-electron chi connectivity index (χ0n) is 46.8. The van der Waals surface area contributed by atoms with Crippen LogP contribution in [0.25, 0.3) is 22.4 Å². The Labute approximate surface area is 480 Å². The summed E-state index contributed by atoms with van der Waals surface area (Å²) in [5.74, 6) is 2.85. The van der Waals surface area contributed by atoms with Crippen LogP contribution in [0.5, 0.6) is 17.2 Å². The molecule has 0 aliphatic carbocycles. The van der Waals surface area contributed by atoms with E-state index in [0.29, 0.717) is 13.2 Å². The van der Waals surface area contributed by atoms with E-state index in [-0.39, 0.29) is 0 Å². The van der Waals surface area contributed by atoms with Gasteiger partial charge in [-0.2, -0.15) is 0 Å². The van der Waals surface area contributed by atoms with E-state index in [4.69, 9.17) is 25.8 Å². The lowest BCUT2D eigenvalue weighted by Crippen LogP contribution is -1.96. The van der Waals surface area contributed by atoms with Crippen LogP contribution in [0.2, 0.25) is 5.02 Å². The maximum absolute atomic E-state index is 5.72. The van der Waals surface area contributed by atoms with E-state index in [1.165, 1.54) is 67.2 Å². The summed E-state index contributed by atoms with van der Waals surface area (Å²) in [5, 5.41) is 6.77. The highest BCUT2D eigenvalue weighted by Crippen LogP contribution is 2.21. The van der Waals surface area contributed by atoms with Crippen molar-refractivity contribution >= 4 is 23.1 Å². The van der Waals surface area contributed by atoms with Gasteiger partial charge in [-0.05, 0) is 135 Å². The molecule has 7 heteroatoms. The molecule has 11 aromatic rings. The molecule has 0 bridgehead atoms. The minimum atomic E-state index is 0.629. The Hall–Kier alpha value is -8.55. The molecule has 1 aromatic heterocycles. The predicted molar refractivity (Wildman–Crippen MR) is 336 cm³/mol. The molecule has 0 saturated heterocycles. The molecule has 11 rings (SSSR count). The molecule has 79 heavy (non-hydrogen) atoms.